The Kier molecular flexibility index (Phi) is 3.27. The van der Waals surface area contributed by atoms with E-state index in [1.165, 1.54) is 0 Å². The summed E-state index contributed by atoms with van der Waals surface area (Å²) in [7, 11) is 0. The fourth-order valence-corrected chi connectivity index (χ4v) is 2.55. The number of allylic oxidation sites excluding steroid dienone is 1. The molecule has 0 fully saturated rings. The topological polar surface area (TPSA) is 65.4 Å². The van der Waals surface area contributed by atoms with E-state index in [0.29, 0.717) is 0 Å². The second-order valence-corrected chi connectivity index (χ2v) is 4.63. The highest BCUT2D eigenvalue weighted by Crippen LogP contribution is 2.23. The summed E-state index contributed by atoms with van der Waals surface area (Å²) in [5.41, 5.74) is 2.99. The standard InChI is InChI=1S/C13H10N4S/c1-9-5-12(6-11(7-14)8-15)10(2)17(9)13-16-3-4-18-13/h3-6H,1-2H3. The zero-order valence-electron chi connectivity index (χ0n) is 10.0. The molecule has 2 aromatic rings. The van der Waals surface area contributed by atoms with Gasteiger partial charge in [-0.1, -0.05) is 0 Å². The molecule has 2 heterocycles. The van der Waals surface area contributed by atoms with E-state index in [1.54, 1.807) is 23.6 Å². The second-order valence-electron chi connectivity index (χ2n) is 3.76. The predicted molar refractivity (Wildman–Crippen MR) is 70.1 cm³/mol. The number of nitrogens with zero attached hydrogens (tertiary/aromatic N) is 4. The molecule has 0 bridgehead atoms. The first-order valence-electron chi connectivity index (χ1n) is 5.28. The van der Waals surface area contributed by atoms with Crippen molar-refractivity contribution < 1.29 is 0 Å². The fraction of sp³-hybridized carbons (Fsp3) is 0.154. The number of nitriles is 2. The Morgan fingerprint density at radius 1 is 1.39 bits per heavy atom. The van der Waals surface area contributed by atoms with Gasteiger partial charge < -0.3 is 0 Å². The van der Waals surface area contributed by atoms with Crippen LogP contribution in [0.4, 0.5) is 0 Å². The lowest BCUT2D eigenvalue weighted by atomic mass is 10.2. The third-order valence-electron chi connectivity index (χ3n) is 2.62. The molecule has 0 aliphatic rings. The van der Waals surface area contributed by atoms with Crippen LogP contribution in [0.2, 0.25) is 0 Å². The van der Waals surface area contributed by atoms with Gasteiger partial charge >= 0.3 is 0 Å². The Labute approximate surface area is 109 Å². The summed E-state index contributed by atoms with van der Waals surface area (Å²) in [5, 5.41) is 20.4. The van der Waals surface area contributed by atoms with Gasteiger partial charge in [-0.05, 0) is 31.6 Å². The molecule has 4 nitrogen and oxygen atoms in total. The molecule has 2 rings (SSSR count). The van der Waals surface area contributed by atoms with Crippen molar-refractivity contribution in [2.24, 2.45) is 0 Å². The molecule has 0 aromatic carbocycles. The molecule has 0 atom stereocenters. The molecule has 5 heteroatoms. The molecule has 0 saturated heterocycles. The van der Waals surface area contributed by atoms with E-state index in [4.69, 9.17) is 10.5 Å². The minimum absolute atomic E-state index is 0.106. The predicted octanol–water partition coefficient (Wildman–Crippen LogP) is 2.98. The maximum absolute atomic E-state index is 8.78. The Balaban J connectivity index is 2.56. The number of rotatable bonds is 2. The molecule has 0 aliphatic carbocycles. The van der Waals surface area contributed by atoms with E-state index < -0.39 is 0 Å². The van der Waals surface area contributed by atoms with Crippen molar-refractivity contribution >= 4 is 17.4 Å². The Bertz CT molecular complexity index is 662. The van der Waals surface area contributed by atoms with Crippen molar-refractivity contribution in [1.82, 2.24) is 9.55 Å². The van der Waals surface area contributed by atoms with E-state index in [-0.39, 0.29) is 5.57 Å². The van der Waals surface area contributed by atoms with Gasteiger partial charge in [0.05, 0.1) is 0 Å². The largest absolute Gasteiger partial charge is 0.294 e. The molecule has 2 aromatic heterocycles. The van der Waals surface area contributed by atoms with Gasteiger partial charge in [-0.25, -0.2) is 4.98 Å². The summed E-state index contributed by atoms with van der Waals surface area (Å²) >= 11 is 1.55. The smallest absolute Gasteiger partial charge is 0.193 e. The molecule has 0 radical (unpaired) electrons. The summed E-state index contributed by atoms with van der Waals surface area (Å²) < 4.78 is 2.02. The fourth-order valence-electron chi connectivity index (χ4n) is 1.80. The van der Waals surface area contributed by atoms with Crippen LogP contribution in [0.1, 0.15) is 17.0 Å². The highest BCUT2D eigenvalue weighted by Gasteiger charge is 2.11. The molecule has 88 valence electrons. The average Bonchev–Trinajstić information content (AvgIpc) is 2.95. The molecule has 0 saturated carbocycles. The Morgan fingerprint density at radius 2 is 2.11 bits per heavy atom. The molecule has 0 spiro atoms. The Hall–Kier alpha value is -2.37. The van der Waals surface area contributed by atoms with E-state index in [1.807, 2.05) is 42.0 Å². The second kappa shape index (κ2) is 4.87. The number of thiazole rings is 1. The van der Waals surface area contributed by atoms with Gasteiger partial charge in [-0.15, -0.1) is 11.3 Å². The maximum atomic E-state index is 8.78. The third-order valence-corrected chi connectivity index (χ3v) is 3.38. The van der Waals surface area contributed by atoms with Crippen LogP contribution in [0.5, 0.6) is 0 Å². The summed E-state index contributed by atoms with van der Waals surface area (Å²) in [6.07, 6.45) is 3.36. The molecule has 18 heavy (non-hydrogen) atoms. The zero-order chi connectivity index (χ0) is 13.1. The summed E-state index contributed by atoms with van der Waals surface area (Å²) in [6.45, 7) is 3.93. The number of aromatic nitrogens is 2. The van der Waals surface area contributed by atoms with Crippen LogP contribution in [0.25, 0.3) is 11.2 Å². The highest BCUT2D eigenvalue weighted by molar-refractivity contribution is 7.12. The first kappa shape index (κ1) is 12.1. The van der Waals surface area contributed by atoms with Crippen LogP contribution in [0, 0.1) is 36.5 Å². The van der Waals surface area contributed by atoms with Gasteiger partial charge in [-0.2, -0.15) is 10.5 Å². The molecule has 0 amide bonds. The summed E-state index contributed by atoms with van der Waals surface area (Å²) in [5.74, 6) is 0. The van der Waals surface area contributed by atoms with Gasteiger partial charge in [-0.3, -0.25) is 4.57 Å². The van der Waals surface area contributed by atoms with Gasteiger partial charge in [0.25, 0.3) is 0 Å². The van der Waals surface area contributed by atoms with Gasteiger partial charge in [0.2, 0.25) is 0 Å². The van der Waals surface area contributed by atoms with Gasteiger partial charge in [0.1, 0.15) is 17.7 Å². The number of hydrogen-bond donors (Lipinski definition) is 0. The first-order chi connectivity index (χ1) is 8.67. The average molecular weight is 254 g/mol. The quantitative estimate of drug-likeness (QED) is 0.774. The minimum Gasteiger partial charge on any atom is -0.294 e. The number of hydrogen-bond acceptors (Lipinski definition) is 4. The molecule has 0 unspecified atom stereocenters. The van der Waals surface area contributed by atoms with E-state index >= 15 is 0 Å². The zero-order valence-corrected chi connectivity index (χ0v) is 10.8. The lowest BCUT2D eigenvalue weighted by Crippen LogP contribution is -1.97. The van der Waals surface area contributed by atoms with Gasteiger partial charge in [0.15, 0.2) is 5.13 Å². The van der Waals surface area contributed by atoms with Crippen LogP contribution < -0.4 is 0 Å². The van der Waals surface area contributed by atoms with Crippen molar-refractivity contribution in [2.75, 3.05) is 0 Å². The van der Waals surface area contributed by atoms with Crippen molar-refractivity contribution in [2.45, 2.75) is 13.8 Å². The molecular formula is C13H10N4S. The SMILES string of the molecule is Cc1cc(C=C(C#N)C#N)c(C)n1-c1nccs1. The van der Waals surface area contributed by atoms with Gasteiger partial charge in [0, 0.05) is 23.0 Å². The lowest BCUT2D eigenvalue weighted by Gasteiger charge is -2.04. The van der Waals surface area contributed by atoms with Crippen LogP contribution in [-0.4, -0.2) is 9.55 Å². The normalized spacial score (nSPS) is 9.56. The highest BCUT2D eigenvalue weighted by atomic mass is 32.1. The summed E-state index contributed by atoms with van der Waals surface area (Å²) in [6, 6.07) is 5.69. The van der Waals surface area contributed by atoms with Crippen molar-refractivity contribution in [3.8, 4) is 17.3 Å². The van der Waals surface area contributed by atoms with Crippen molar-refractivity contribution in [1.29, 1.82) is 10.5 Å². The van der Waals surface area contributed by atoms with E-state index in [9.17, 15) is 0 Å². The van der Waals surface area contributed by atoms with E-state index in [2.05, 4.69) is 4.98 Å². The summed E-state index contributed by atoms with van der Waals surface area (Å²) in [4.78, 5) is 4.27. The van der Waals surface area contributed by atoms with Crippen LogP contribution in [0.3, 0.4) is 0 Å². The molecule has 0 N–H and O–H groups in total. The lowest BCUT2D eigenvalue weighted by molar-refractivity contribution is 0.949. The maximum Gasteiger partial charge on any atom is 0.193 e. The first-order valence-corrected chi connectivity index (χ1v) is 6.16. The van der Waals surface area contributed by atoms with Crippen molar-refractivity contribution in [3.05, 3.63) is 40.2 Å². The van der Waals surface area contributed by atoms with Crippen molar-refractivity contribution in [3.63, 3.8) is 0 Å². The molecule has 0 aliphatic heterocycles. The van der Waals surface area contributed by atoms with Crippen LogP contribution >= 0.6 is 11.3 Å². The number of aryl methyl sites for hydroxylation is 1. The third kappa shape index (κ3) is 2.04. The molecular weight excluding hydrogens is 244 g/mol. The van der Waals surface area contributed by atoms with Crippen LogP contribution in [0.15, 0.2) is 23.2 Å². The van der Waals surface area contributed by atoms with Crippen LogP contribution in [-0.2, 0) is 0 Å². The monoisotopic (exact) mass is 254 g/mol. The minimum atomic E-state index is 0.106. The van der Waals surface area contributed by atoms with E-state index in [0.717, 1.165) is 22.1 Å². The Morgan fingerprint density at radius 3 is 2.67 bits per heavy atom.